The molecule has 3 nitrogen and oxygen atoms in total. The highest BCUT2D eigenvalue weighted by Crippen LogP contribution is 2.00. The Hall–Kier alpha value is -1.19. The lowest BCUT2D eigenvalue weighted by Gasteiger charge is -1.99. The maximum Gasteiger partial charge on any atom is 0.316 e. The summed E-state index contributed by atoms with van der Waals surface area (Å²) in [6.07, 6.45) is 3.05. The van der Waals surface area contributed by atoms with Gasteiger partial charge in [-0.1, -0.05) is 6.92 Å². The standard InChI is InChI=1S/C7H9FN2O/c1-2-3-11-7-9-4-6(8)5-10-7/h4-5H,2-3H2,1H3. The number of ether oxygens (including phenoxy) is 1. The fraction of sp³-hybridized carbons (Fsp3) is 0.429. The Morgan fingerprint density at radius 3 is 2.64 bits per heavy atom. The van der Waals surface area contributed by atoms with E-state index in [1.807, 2.05) is 6.92 Å². The second-order valence-corrected chi connectivity index (χ2v) is 2.03. The van der Waals surface area contributed by atoms with Crippen LogP contribution >= 0.6 is 0 Å². The van der Waals surface area contributed by atoms with Crippen molar-refractivity contribution in [3.05, 3.63) is 18.2 Å². The van der Waals surface area contributed by atoms with E-state index in [1.54, 1.807) is 0 Å². The van der Waals surface area contributed by atoms with Crippen LogP contribution in [0.25, 0.3) is 0 Å². The van der Waals surface area contributed by atoms with Crippen molar-refractivity contribution in [3.63, 3.8) is 0 Å². The van der Waals surface area contributed by atoms with Crippen LogP contribution < -0.4 is 4.74 Å². The van der Waals surface area contributed by atoms with Gasteiger partial charge in [-0.3, -0.25) is 0 Å². The van der Waals surface area contributed by atoms with Gasteiger partial charge in [-0.25, -0.2) is 14.4 Å². The zero-order chi connectivity index (χ0) is 8.10. The quantitative estimate of drug-likeness (QED) is 0.663. The van der Waals surface area contributed by atoms with Crippen molar-refractivity contribution in [2.45, 2.75) is 13.3 Å². The van der Waals surface area contributed by atoms with E-state index in [2.05, 4.69) is 9.97 Å². The first kappa shape index (κ1) is 7.91. The monoisotopic (exact) mass is 156 g/mol. The van der Waals surface area contributed by atoms with Crippen LogP contribution in [0, 0.1) is 5.82 Å². The second kappa shape index (κ2) is 3.85. The molecule has 11 heavy (non-hydrogen) atoms. The first-order valence-corrected chi connectivity index (χ1v) is 3.43. The molecule has 0 radical (unpaired) electrons. The highest BCUT2D eigenvalue weighted by atomic mass is 19.1. The molecule has 1 rings (SSSR count). The predicted molar refractivity (Wildman–Crippen MR) is 37.8 cm³/mol. The minimum Gasteiger partial charge on any atom is -0.463 e. The molecule has 0 aliphatic heterocycles. The van der Waals surface area contributed by atoms with Crippen LogP contribution in [0.3, 0.4) is 0 Å². The average Bonchev–Trinajstić information content (AvgIpc) is 2.04. The Labute approximate surface area is 64.2 Å². The molecule has 0 atom stereocenters. The molecule has 0 aliphatic carbocycles. The molecule has 4 heteroatoms. The third kappa shape index (κ3) is 2.49. The van der Waals surface area contributed by atoms with E-state index in [1.165, 1.54) is 0 Å². The van der Waals surface area contributed by atoms with E-state index in [-0.39, 0.29) is 6.01 Å². The molecule has 0 fully saturated rings. The number of hydrogen-bond acceptors (Lipinski definition) is 3. The van der Waals surface area contributed by atoms with E-state index >= 15 is 0 Å². The fourth-order valence-corrected chi connectivity index (χ4v) is 0.568. The van der Waals surface area contributed by atoms with Gasteiger partial charge in [-0.15, -0.1) is 0 Å². The van der Waals surface area contributed by atoms with Crippen LogP contribution in [0.15, 0.2) is 12.4 Å². The van der Waals surface area contributed by atoms with Gasteiger partial charge in [0.25, 0.3) is 0 Å². The van der Waals surface area contributed by atoms with Crippen molar-refractivity contribution in [1.29, 1.82) is 0 Å². The van der Waals surface area contributed by atoms with Crippen molar-refractivity contribution in [2.24, 2.45) is 0 Å². The SMILES string of the molecule is CCCOc1ncc(F)cn1. The molecule has 1 aromatic heterocycles. The summed E-state index contributed by atoms with van der Waals surface area (Å²) in [5, 5.41) is 0. The van der Waals surface area contributed by atoms with Gasteiger partial charge < -0.3 is 4.74 Å². The summed E-state index contributed by atoms with van der Waals surface area (Å²) >= 11 is 0. The lowest BCUT2D eigenvalue weighted by molar-refractivity contribution is 0.290. The molecule has 0 amide bonds. The third-order valence-electron chi connectivity index (χ3n) is 1.03. The van der Waals surface area contributed by atoms with Crippen molar-refractivity contribution in [2.75, 3.05) is 6.61 Å². The van der Waals surface area contributed by atoms with E-state index < -0.39 is 5.82 Å². The predicted octanol–water partition coefficient (Wildman–Crippen LogP) is 1.40. The molecule has 0 aromatic carbocycles. The van der Waals surface area contributed by atoms with Gasteiger partial charge in [0.1, 0.15) is 0 Å². The second-order valence-electron chi connectivity index (χ2n) is 2.03. The number of aromatic nitrogens is 2. The van der Waals surface area contributed by atoms with Crippen LogP contribution in [0.2, 0.25) is 0 Å². The van der Waals surface area contributed by atoms with Crippen LogP contribution in [-0.4, -0.2) is 16.6 Å². The van der Waals surface area contributed by atoms with Crippen LogP contribution in [0.4, 0.5) is 4.39 Å². The molecule has 0 bridgehead atoms. The van der Waals surface area contributed by atoms with Crippen LogP contribution in [0.1, 0.15) is 13.3 Å². The molecule has 1 aromatic rings. The Morgan fingerprint density at radius 1 is 1.45 bits per heavy atom. The number of nitrogens with zero attached hydrogens (tertiary/aromatic N) is 2. The molecule has 0 spiro atoms. The Balaban J connectivity index is 2.52. The van der Waals surface area contributed by atoms with Gasteiger partial charge in [0.05, 0.1) is 19.0 Å². The summed E-state index contributed by atoms with van der Waals surface area (Å²) < 4.78 is 17.2. The minimum absolute atomic E-state index is 0.230. The Bertz CT molecular complexity index is 212. The van der Waals surface area contributed by atoms with Gasteiger partial charge in [0.2, 0.25) is 0 Å². The highest BCUT2D eigenvalue weighted by Gasteiger charge is 1.95. The first-order chi connectivity index (χ1) is 5.33. The largest absolute Gasteiger partial charge is 0.463 e. The molecule has 0 aliphatic rings. The molecule has 60 valence electrons. The van der Waals surface area contributed by atoms with Crippen LogP contribution in [0.5, 0.6) is 6.01 Å². The smallest absolute Gasteiger partial charge is 0.316 e. The normalized spacial score (nSPS) is 9.64. The Morgan fingerprint density at radius 2 is 2.09 bits per heavy atom. The lowest BCUT2D eigenvalue weighted by atomic mass is 10.5. The number of hydrogen-bond donors (Lipinski definition) is 0. The fourth-order valence-electron chi connectivity index (χ4n) is 0.568. The molecular weight excluding hydrogens is 147 g/mol. The summed E-state index contributed by atoms with van der Waals surface area (Å²) in [7, 11) is 0. The highest BCUT2D eigenvalue weighted by molar-refractivity contribution is 4.95. The summed E-state index contributed by atoms with van der Waals surface area (Å²) in [6, 6.07) is 0.230. The van der Waals surface area contributed by atoms with Gasteiger partial charge in [-0.05, 0) is 6.42 Å². The first-order valence-electron chi connectivity index (χ1n) is 3.43. The third-order valence-corrected chi connectivity index (χ3v) is 1.03. The van der Waals surface area contributed by atoms with E-state index in [9.17, 15) is 4.39 Å². The maximum atomic E-state index is 12.2. The molecule has 0 saturated carbocycles. The van der Waals surface area contributed by atoms with Crippen molar-refractivity contribution in [3.8, 4) is 6.01 Å². The van der Waals surface area contributed by atoms with Crippen molar-refractivity contribution >= 4 is 0 Å². The summed E-state index contributed by atoms with van der Waals surface area (Å²) in [5.41, 5.74) is 0. The number of halogens is 1. The van der Waals surface area contributed by atoms with E-state index in [4.69, 9.17) is 4.74 Å². The molecule has 0 N–H and O–H groups in total. The zero-order valence-electron chi connectivity index (χ0n) is 6.25. The van der Waals surface area contributed by atoms with Crippen LogP contribution in [-0.2, 0) is 0 Å². The summed E-state index contributed by atoms with van der Waals surface area (Å²) in [6.45, 7) is 2.54. The Kier molecular flexibility index (Phi) is 2.77. The van der Waals surface area contributed by atoms with Crippen molar-refractivity contribution in [1.82, 2.24) is 9.97 Å². The van der Waals surface area contributed by atoms with Gasteiger partial charge in [-0.2, -0.15) is 0 Å². The number of rotatable bonds is 3. The molecule has 1 heterocycles. The van der Waals surface area contributed by atoms with Gasteiger partial charge in [0.15, 0.2) is 5.82 Å². The summed E-state index contributed by atoms with van der Waals surface area (Å²) in [5.74, 6) is -0.450. The lowest BCUT2D eigenvalue weighted by Crippen LogP contribution is -1.99. The van der Waals surface area contributed by atoms with Gasteiger partial charge in [0, 0.05) is 0 Å². The van der Waals surface area contributed by atoms with Gasteiger partial charge >= 0.3 is 6.01 Å². The zero-order valence-corrected chi connectivity index (χ0v) is 6.25. The van der Waals surface area contributed by atoms with E-state index in [0.717, 1.165) is 18.8 Å². The van der Waals surface area contributed by atoms with E-state index in [0.29, 0.717) is 6.61 Å². The molecule has 0 saturated heterocycles. The van der Waals surface area contributed by atoms with Crippen molar-refractivity contribution < 1.29 is 9.13 Å². The average molecular weight is 156 g/mol. The topological polar surface area (TPSA) is 35.0 Å². The molecular formula is C7H9FN2O. The minimum atomic E-state index is -0.450. The summed E-state index contributed by atoms with van der Waals surface area (Å²) in [4.78, 5) is 7.21. The molecule has 0 unspecified atom stereocenters. The maximum absolute atomic E-state index is 12.2.